The number of alkyl halides is 3. The highest BCUT2D eigenvalue weighted by Crippen LogP contribution is 2.29. The van der Waals surface area contributed by atoms with Crippen molar-refractivity contribution >= 4 is 11.5 Å². The summed E-state index contributed by atoms with van der Waals surface area (Å²) in [5.74, 6) is -1.08. The molecular formula is C13H10F3N5. The molecule has 0 amide bonds. The molecule has 0 unspecified atom stereocenters. The second-order valence-corrected chi connectivity index (χ2v) is 4.28. The zero-order chi connectivity index (χ0) is 15.0. The Labute approximate surface area is 117 Å². The fourth-order valence-electron chi connectivity index (χ4n) is 1.99. The summed E-state index contributed by atoms with van der Waals surface area (Å²) in [5.41, 5.74) is 1.31. The van der Waals surface area contributed by atoms with Gasteiger partial charge in [-0.2, -0.15) is 13.2 Å². The molecule has 8 heteroatoms. The fraction of sp³-hybridized carbons (Fsp3) is 0.154. The number of imidazole rings is 1. The van der Waals surface area contributed by atoms with Crippen molar-refractivity contribution in [2.75, 3.05) is 12.4 Å². The van der Waals surface area contributed by atoms with Crippen LogP contribution in [0.5, 0.6) is 0 Å². The Kier molecular flexibility index (Phi) is 3.00. The number of halogens is 3. The Morgan fingerprint density at radius 3 is 2.71 bits per heavy atom. The standard InChI is InChI=1S/C13H10F3N5/c1-17-10-7-8(19-12(20-10)13(14,15)16)9-3-2-4-11-18-5-6-21(9)11/h2-7H,1H3,(H,17,19,20). The summed E-state index contributed by atoms with van der Waals surface area (Å²) in [7, 11) is 1.50. The van der Waals surface area contributed by atoms with Crippen LogP contribution in [0.2, 0.25) is 0 Å². The van der Waals surface area contributed by atoms with Gasteiger partial charge in [-0.3, -0.25) is 4.40 Å². The van der Waals surface area contributed by atoms with E-state index < -0.39 is 12.0 Å². The van der Waals surface area contributed by atoms with Gasteiger partial charge in [0.1, 0.15) is 11.5 Å². The average Bonchev–Trinajstić information content (AvgIpc) is 2.94. The number of nitrogens with one attached hydrogen (secondary N) is 1. The molecule has 1 N–H and O–H groups in total. The van der Waals surface area contributed by atoms with E-state index in [2.05, 4.69) is 20.3 Å². The van der Waals surface area contributed by atoms with E-state index in [9.17, 15) is 13.2 Å². The molecule has 0 spiro atoms. The average molecular weight is 293 g/mol. The first kappa shape index (κ1) is 13.3. The lowest BCUT2D eigenvalue weighted by atomic mass is 10.2. The SMILES string of the molecule is CNc1cc(-c2cccc3nccn23)nc(C(F)(F)F)n1. The molecule has 108 valence electrons. The van der Waals surface area contributed by atoms with Gasteiger partial charge in [-0.05, 0) is 12.1 Å². The summed E-state index contributed by atoms with van der Waals surface area (Å²) in [5, 5.41) is 2.62. The summed E-state index contributed by atoms with van der Waals surface area (Å²) in [6, 6.07) is 6.61. The van der Waals surface area contributed by atoms with Gasteiger partial charge >= 0.3 is 6.18 Å². The van der Waals surface area contributed by atoms with Gasteiger partial charge in [-0.25, -0.2) is 15.0 Å². The van der Waals surface area contributed by atoms with E-state index in [0.717, 1.165) is 0 Å². The molecule has 21 heavy (non-hydrogen) atoms. The van der Waals surface area contributed by atoms with Gasteiger partial charge in [-0.1, -0.05) is 6.07 Å². The Bertz CT molecular complexity index is 794. The molecule has 0 radical (unpaired) electrons. The minimum Gasteiger partial charge on any atom is -0.373 e. The molecule has 3 aromatic rings. The van der Waals surface area contributed by atoms with E-state index in [1.807, 2.05) is 0 Å². The maximum Gasteiger partial charge on any atom is 0.451 e. The maximum absolute atomic E-state index is 12.9. The van der Waals surface area contributed by atoms with Gasteiger partial charge in [-0.15, -0.1) is 0 Å². The highest BCUT2D eigenvalue weighted by Gasteiger charge is 2.35. The van der Waals surface area contributed by atoms with Gasteiger partial charge in [0, 0.05) is 25.5 Å². The molecule has 0 bridgehead atoms. The molecule has 3 aromatic heterocycles. The van der Waals surface area contributed by atoms with Crippen molar-refractivity contribution in [2.24, 2.45) is 0 Å². The van der Waals surface area contributed by atoms with Crippen molar-refractivity contribution in [3.05, 3.63) is 42.5 Å². The first-order chi connectivity index (χ1) is 9.99. The number of rotatable bonds is 2. The lowest BCUT2D eigenvalue weighted by molar-refractivity contribution is -0.144. The van der Waals surface area contributed by atoms with E-state index in [0.29, 0.717) is 11.3 Å². The van der Waals surface area contributed by atoms with Gasteiger partial charge in [0.2, 0.25) is 5.82 Å². The van der Waals surface area contributed by atoms with Crippen LogP contribution in [0.15, 0.2) is 36.7 Å². The monoisotopic (exact) mass is 293 g/mol. The van der Waals surface area contributed by atoms with Crippen molar-refractivity contribution in [2.45, 2.75) is 6.18 Å². The highest BCUT2D eigenvalue weighted by molar-refractivity contribution is 5.62. The van der Waals surface area contributed by atoms with Crippen molar-refractivity contribution in [1.29, 1.82) is 0 Å². The summed E-state index contributed by atoms with van der Waals surface area (Å²) in [6.07, 6.45) is -1.37. The zero-order valence-corrected chi connectivity index (χ0v) is 10.9. The van der Waals surface area contributed by atoms with Gasteiger partial charge < -0.3 is 5.32 Å². The Hall–Kier alpha value is -2.64. The number of hydrogen-bond acceptors (Lipinski definition) is 4. The van der Waals surface area contributed by atoms with E-state index in [4.69, 9.17) is 0 Å². The quantitative estimate of drug-likeness (QED) is 0.789. The molecule has 0 aliphatic carbocycles. The van der Waals surface area contributed by atoms with Crippen LogP contribution >= 0.6 is 0 Å². The van der Waals surface area contributed by atoms with Crippen LogP contribution in [-0.4, -0.2) is 26.4 Å². The second-order valence-electron chi connectivity index (χ2n) is 4.28. The molecule has 0 aliphatic heterocycles. The van der Waals surface area contributed by atoms with Crippen LogP contribution in [0.1, 0.15) is 5.82 Å². The molecule has 0 saturated carbocycles. The molecule has 0 fully saturated rings. The summed E-state index contributed by atoms with van der Waals surface area (Å²) in [4.78, 5) is 11.2. The van der Waals surface area contributed by atoms with E-state index in [-0.39, 0.29) is 11.5 Å². The first-order valence-electron chi connectivity index (χ1n) is 6.05. The smallest absolute Gasteiger partial charge is 0.373 e. The Balaban J connectivity index is 2.24. The maximum atomic E-state index is 12.9. The van der Waals surface area contributed by atoms with Crippen molar-refractivity contribution < 1.29 is 13.2 Å². The van der Waals surface area contributed by atoms with Crippen molar-refractivity contribution in [3.63, 3.8) is 0 Å². The van der Waals surface area contributed by atoms with Crippen LogP contribution in [0.4, 0.5) is 19.0 Å². The van der Waals surface area contributed by atoms with E-state index >= 15 is 0 Å². The Morgan fingerprint density at radius 2 is 2.00 bits per heavy atom. The minimum atomic E-state index is -4.61. The number of fused-ring (bicyclic) bond motifs is 1. The summed E-state index contributed by atoms with van der Waals surface area (Å²) >= 11 is 0. The number of nitrogens with zero attached hydrogens (tertiary/aromatic N) is 4. The van der Waals surface area contributed by atoms with Crippen LogP contribution < -0.4 is 5.32 Å². The number of aromatic nitrogens is 4. The molecule has 5 nitrogen and oxygen atoms in total. The molecule has 3 rings (SSSR count). The largest absolute Gasteiger partial charge is 0.451 e. The third-order valence-corrected chi connectivity index (χ3v) is 2.93. The zero-order valence-electron chi connectivity index (χ0n) is 10.9. The number of anilines is 1. The predicted octanol–water partition coefficient (Wildman–Crippen LogP) is 2.85. The first-order valence-corrected chi connectivity index (χ1v) is 6.05. The summed E-state index contributed by atoms with van der Waals surface area (Å²) in [6.45, 7) is 0. The summed E-state index contributed by atoms with van der Waals surface area (Å²) < 4.78 is 40.3. The second kappa shape index (κ2) is 4.72. The molecule has 0 aliphatic rings. The minimum absolute atomic E-state index is 0.101. The molecule has 0 aromatic carbocycles. The van der Waals surface area contributed by atoms with Crippen LogP contribution in [0, 0.1) is 0 Å². The lowest BCUT2D eigenvalue weighted by Gasteiger charge is -2.11. The normalized spacial score (nSPS) is 11.8. The van der Waals surface area contributed by atoms with Crippen LogP contribution in [0.3, 0.4) is 0 Å². The van der Waals surface area contributed by atoms with Crippen LogP contribution in [0.25, 0.3) is 17.0 Å². The Morgan fingerprint density at radius 1 is 1.19 bits per heavy atom. The fourth-order valence-corrected chi connectivity index (χ4v) is 1.99. The predicted molar refractivity (Wildman–Crippen MR) is 70.8 cm³/mol. The third-order valence-electron chi connectivity index (χ3n) is 2.93. The van der Waals surface area contributed by atoms with Gasteiger partial charge in [0.25, 0.3) is 0 Å². The highest BCUT2D eigenvalue weighted by atomic mass is 19.4. The van der Waals surface area contributed by atoms with E-state index in [1.54, 1.807) is 35.0 Å². The van der Waals surface area contributed by atoms with Crippen molar-refractivity contribution in [3.8, 4) is 11.4 Å². The van der Waals surface area contributed by atoms with Gasteiger partial charge in [0.05, 0.1) is 11.4 Å². The number of pyridine rings is 1. The van der Waals surface area contributed by atoms with E-state index in [1.165, 1.54) is 13.1 Å². The molecule has 0 saturated heterocycles. The van der Waals surface area contributed by atoms with Gasteiger partial charge in [0.15, 0.2) is 0 Å². The molecule has 3 heterocycles. The molecular weight excluding hydrogens is 283 g/mol. The van der Waals surface area contributed by atoms with Crippen LogP contribution in [-0.2, 0) is 6.18 Å². The number of hydrogen-bond donors (Lipinski definition) is 1. The van der Waals surface area contributed by atoms with Crippen molar-refractivity contribution in [1.82, 2.24) is 19.4 Å². The topological polar surface area (TPSA) is 55.1 Å². The third kappa shape index (κ3) is 2.39. The lowest BCUT2D eigenvalue weighted by Crippen LogP contribution is -2.13. The molecule has 0 atom stereocenters.